The zero-order chi connectivity index (χ0) is 12.5. The van der Waals surface area contributed by atoms with Gasteiger partial charge in [0.05, 0.1) is 23.3 Å². The maximum absolute atomic E-state index is 5.63. The van der Waals surface area contributed by atoms with Gasteiger partial charge in [-0.1, -0.05) is 17.3 Å². The quantitative estimate of drug-likeness (QED) is 0.764. The molecule has 0 fully saturated rings. The van der Waals surface area contributed by atoms with Gasteiger partial charge in [0.2, 0.25) is 0 Å². The fourth-order valence-electron chi connectivity index (χ4n) is 1.74. The monoisotopic (exact) mass is 257 g/mol. The third kappa shape index (κ3) is 1.86. The highest BCUT2D eigenvalue weighted by Crippen LogP contribution is 2.24. The highest BCUT2D eigenvalue weighted by atomic mass is 32.1. The number of thiazole rings is 1. The molecule has 0 atom stereocenters. The molecule has 0 aliphatic heterocycles. The van der Waals surface area contributed by atoms with Crippen LogP contribution in [0.15, 0.2) is 35.8 Å². The lowest BCUT2D eigenvalue weighted by Gasteiger charge is -2.03. The lowest BCUT2D eigenvalue weighted by Crippen LogP contribution is -1.98. The van der Waals surface area contributed by atoms with E-state index >= 15 is 0 Å². The zero-order valence-electron chi connectivity index (χ0n) is 9.74. The van der Waals surface area contributed by atoms with Crippen LogP contribution in [-0.4, -0.2) is 20.0 Å². The maximum Gasteiger partial charge on any atom is 0.180 e. The number of nitrogen functional groups attached to an aromatic ring is 1. The lowest BCUT2D eigenvalue weighted by molar-refractivity contribution is 0.785. The van der Waals surface area contributed by atoms with Gasteiger partial charge in [0.15, 0.2) is 5.13 Å². The fourth-order valence-corrected chi connectivity index (χ4v) is 2.31. The van der Waals surface area contributed by atoms with E-state index in [1.165, 1.54) is 11.3 Å². The second-order valence-corrected chi connectivity index (χ2v) is 4.79. The summed E-state index contributed by atoms with van der Waals surface area (Å²) in [6.45, 7) is 1.97. The predicted octanol–water partition coefficient (Wildman–Crippen LogP) is 2.28. The summed E-state index contributed by atoms with van der Waals surface area (Å²) >= 11 is 1.44. The molecule has 0 bridgehead atoms. The molecule has 0 spiro atoms. The van der Waals surface area contributed by atoms with Gasteiger partial charge in [-0.05, 0) is 19.1 Å². The summed E-state index contributed by atoms with van der Waals surface area (Å²) in [4.78, 5) is 4.25. The largest absolute Gasteiger partial charge is 0.375 e. The van der Waals surface area contributed by atoms with Gasteiger partial charge in [-0.15, -0.1) is 16.4 Å². The van der Waals surface area contributed by atoms with Gasteiger partial charge in [0.1, 0.15) is 0 Å². The molecular formula is C12H11N5S. The van der Waals surface area contributed by atoms with E-state index in [1.807, 2.05) is 36.6 Å². The van der Waals surface area contributed by atoms with E-state index in [0.717, 1.165) is 22.6 Å². The van der Waals surface area contributed by atoms with Crippen LogP contribution in [0.5, 0.6) is 0 Å². The molecule has 2 aromatic heterocycles. The van der Waals surface area contributed by atoms with Gasteiger partial charge in [-0.3, -0.25) is 0 Å². The van der Waals surface area contributed by atoms with Crippen LogP contribution in [0.3, 0.4) is 0 Å². The Balaban J connectivity index is 1.97. The molecule has 6 heteroatoms. The van der Waals surface area contributed by atoms with Crippen LogP contribution in [0.1, 0.15) is 5.69 Å². The molecule has 0 unspecified atom stereocenters. The van der Waals surface area contributed by atoms with Crippen molar-refractivity contribution in [3.63, 3.8) is 0 Å². The Kier molecular flexibility index (Phi) is 2.56. The molecule has 0 saturated carbocycles. The second-order valence-electron chi connectivity index (χ2n) is 3.91. The zero-order valence-corrected chi connectivity index (χ0v) is 10.6. The first kappa shape index (κ1) is 10.9. The van der Waals surface area contributed by atoms with E-state index in [2.05, 4.69) is 15.3 Å². The van der Waals surface area contributed by atoms with Crippen molar-refractivity contribution >= 4 is 16.5 Å². The van der Waals surface area contributed by atoms with E-state index in [1.54, 1.807) is 10.9 Å². The summed E-state index contributed by atoms with van der Waals surface area (Å²) in [7, 11) is 0. The molecule has 1 aromatic carbocycles. The van der Waals surface area contributed by atoms with Crippen molar-refractivity contribution in [1.29, 1.82) is 0 Å². The number of hydrogen-bond acceptors (Lipinski definition) is 5. The molecule has 3 rings (SSSR count). The number of hydrogen-bond donors (Lipinski definition) is 1. The van der Waals surface area contributed by atoms with Crippen molar-refractivity contribution in [2.75, 3.05) is 5.73 Å². The number of rotatable bonds is 2. The van der Waals surface area contributed by atoms with Crippen LogP contribution in [0.25, 0.3) is 16.9 Å². The SMILES string of the molecule is Cc1cnnn1-c1ccc(-c2csc(N)n2)cc1. The second kappa shape index (κ2) is 4.23. The molecule has 2 N–H and O–H groups in total. The molecule has 5 nitrogen and oxygen atoms in total. The van der Waals surface area contributed by atoms with Gasteiger partial charge in [0, 0.05) is 10.9 Å². The van der Waals surface area contributed by atoms with Gasteiger partial charge in [0.25, 0.3) is 0 Å². The van der Waals surface area contributed by atoms with Gasteiger partial charge < -0.3 is 5.73 Å². The number of nitrogens with two attached hydrogens (primary N) is 1. The summed E-state index contributed by atoms with van der Waals surface area (Å²) in [5, 5.41) is 10.4. The fraction of sp³-hybridized carbons (Fsp3) is 0.0833. The first-order valence-corrected chi connectivity index (χ1v) is 6.31. The summed E-state index contributed by atoms with van der Waals surface area (Å²) < 4.78 is 1.79. The maximum atomic E-state index is 5.63. The summed E-state index contributed by atoms with van der Waals surface area (Å²) in [5.41, 5.74) is 9.56. The highest BCUT2D eigenvalue weighted by molar-refractivity contribution is 7.13. The van der Waals surface area contributed by atoms with Crippen molar-refractivity contribution in [3.05, 3.63) is 41.5 Å². The molecule has 90 valence electrons. The van der Waals surface area contributed by atoms with Gasteiger partial charge >= 0.3 is 0 Å². The summed E-state index contributed by atoms with van der Waals surface area (Å²) in [6.07, 6.45) is 1.73. The van der Waals surface area contributed by atoms with Crippen molar-refractivity contribution in [1.82, 2.24) is 20.0 Å². The van der Waals surface area contributed by atoms with Crippen LogP contribution in [0.2, 0.25) is 0 Å². The molecule has 0 saturated heterocycles. The number of nitrogens with zero attached hydrogens (tertiary/aromatic N) is 4. The first-order chi connectivity index (χ1) is 8.74. The Morgan fingerprint density at radius 2 is 2.00 bits per heavy atom. The lowest BCUT2D eigenvalue weighted by atomic mass is 10.1. The Morgan fingerprint density at radius 1 is 1.22 bits per heavy atom. The summed E-state index contributed by atoms with van der Waals surface area (Å²) in [6, 6.07) is 8.00. The molecule has 18 heavy (non-hydrogen) atoms. The van der Waals surface area contributed by atoms with Gasteiger partial charge in [-0.2, -0.15) is 0 Å². The first-order valence-electron chi connectivity index (χ1n) is 5.43. The highest BCUT2D eigenvalue weighted by Gasteiger charge is 2.05. The molecule has 0 aliphatic rings. The smallest absolute Gasteiger partial charge is 0.180 e. The van der Waals surface area contributed by atoms with E-state index in [9.17, 15) is 0 Å². The van der Waals surface area contributed by atoms with Crippen molar-refractivity contribution in [3.8, 4) is 16.9 Å². The molecule has 0 radical (unpaired) electrons. The molecule has 0 amide bonds. The van der Waals surface area contributed by atoms with Crippen molar-refractivity contribution in [2.45, 2.75) is 6.92 Å². The van der Waals surface area contributed by atoms with Crippen molar-refractivity contribution < 1.29 is 0 Å². The van der Waals surface area contributed by atoms with Crippen LogP contribution in [0.4, 0.5) is 5.13 Å². The molecule has 2 heterocycles. The number of aryl methyl sites for hydroxylation is 1. The third-order valence-electron chi connectivity index (χ3n) is 2.65. The van der Waals surface area contributed by atoms with Crippen molar-refractivity contribution in [2.24, 2.45) is 0 Å². The summed E-state index contributed by atoms with van der Waals surface area (Å²) in [5.74, 6) is 0. The van der Waals surface area contributed by atoms with Crippen LogP contribution in [-0.2, 0) is 0 Å². The molecular weight excluding hydrogens is 246 g/mol. The third-order valence-corrected chi connectivity index (χ3v) is 3.32. The van der Waals surface area contributed by atoms with E-state index in [-0.39, 0.29) is 0 Å². The average molecular weight is 257 g/mol. The molecule has 3 aromatic rings. The minimum atomic E-state index is 0.584. The minimum Gasteiger partial charge on any atom is -0.375 e. The Labute approximate surface area is 108 Å². The van der Waals surface area contributed by atoms with E-state index in [4.69, 9.17) is 5.73 Å². The van der Waals surface area contributed by atoms with E-state index < -0.39 is 0 Å². The number of anilines is 1. The average Bonchev–Trinajstić information content (AvgIpc) is 2.98. The van der Waals surface area contributed by atoms with Gasteiger partial charge in [-0.25, -0.2) is 9.67 Å². The predicted molar refractivity (Wildman–Crippen MR) is 71.6 cm³/mol. The topological polar surface area (TPSA) is 69.6 Å². The normalized spacial score (nSPS) is 10.7. The van der Waals surface area contributed by atoms with Crippen LogP contribution in [0, 0.1) is 6.92 Å². The number of benzene rings is 1. The standard InChI is InChI=1S/C12H11N5S/c1-8-6-14-16-17(8)10-4-2-9(3-5-10)11-7-18-12(13)15-11/h2-7H,1H3,(H2,13,15). The van der Waals surface area contributed by atoms with Crippen LogP contribution >= 0.6 is 11.3 Å². The Bertz CT molecular complexity index is 668. The van der Waals surface area contributed by atoms with E-state index in [0.29, 0.717) is 5.13 Å². The molecule has 0 aliphatic carbocycles. The van der Waals surface area contributed by atoms with Crippen LogP contribution < -0.4 is 5.73 Å². The Hall–Kier alpha value is -2.21. The number of aromatic nitrogens is 4. The Morgan fingerprint density at radius 3 is 2.56 bits per heavy atom. The minimum absolute atomic E-state index is 0.584.